The lowest BCUT2D eigenvalue weighted by atomic mass is 10.2. The molecule has 0 aliphatic carbocycles. The van der Waals surface area contributed by atoms with Gasteiger partial charge in [0.1, 0.15) is 0 Å². The first-order valence-corrected chi connectivity index (χ1v) is 5.93. The van der Waals surface area contributed by atoms with Crippen molar-refractivity contribution in [2.75, 3.05) is 11.1 Å². The van der Waals surface area contributed by atoms with Crippen LogP contribution in [0.5, 0.6) is 0 Å². The summed E-state index contributed by atoms with van der Waals surface area (Å²) in [5, 5.41) is 12.8. The summed E-state index contributed by atoms with van der Waals surface area (Å²) in [6, 6.07) is 3.90. The quantitative estimate of drug-likeness (QED) is 0.684. The zero-order chi connectivity index (χ0) is 14.6. The highest BCUT2D eigenvalue weighted by Crippen LogP contribution is 2.30. The molecule has 5 nitrogen and oxygen atoms in total. The van der Waals surface area contributed by atoms with Crippen LogP contribution >= 0.6 is 11.8 Å². The molecule has 0 bridgehead atoms. The van der Waals surface area contributed by atoms with Crippen molar-refractivity contribution in [3.63, 3.8) is 0 Å². The number of hydrogen-bond acceptors (Lipinski definition) is 4. The molecule has 0 atom stereocenters. The summed E-state index contributed by atoms with van der Waals surface area (Å²) in [5.41, 5.74) is -4.21. The molecule has 0 spiro atoms. The predicted molar refractivity (Wildman–Crippen MR) is 65.0 cm³/mol. The maximum atomic E-state index is 11.9. The minimum atomic E-state index is -4.49. The fourth-order valence-corrected chi connectivity index (χ4v) is 1.60. The number of thioether (sulfide) groups is 1. The third kappa shape index (κ3) is 5.16. The fourth-order valence-electron chi connectivity index (χ4n) is 1.23. The van der Waals surface area contributed by atoms with Crippen LogP contribution in [0.2, 0.25) is 0 Å². The number of rotatable bonds is 4. The molecule has 9 heteroatoms. The topological polar surface area (TPSA) is 72.2 Å². The highest BCUT2D eigenvalue weighted by molar-refractivity contribution is 8.00. The van der Waals surface area contributed by atoms with Crippen molar-refractivity contribution in [2.45, 2.75) is 12.4 Å². The fraction of sp³-hybridized carbons (Fsp3) is 0.300. The van der Waals surface area contributed by atoms with Gasteiger partial charge in [0.25, 0.3) is 5.69 Å². The van der Waals surface area contributed by atoms with E-state index >= 15 is 0 Å². The van der Waals surface area contributed by atoms with Gasteiger partial charge in [-0.15, -0.1) is 0 Å². The molecule has 19 heavy (non-hydrogen) atoms. The van der Waals surface area contributed by atoms with E-state index in [0.717, 1.165) is 6.07 Å². The van der Waals surface area contributed by atoms with E-state index in [9.17, 15) is 28.1 Å². The summed E-state index contributed by atoms with van der Waals surface area (Å²) in [4.78, 5) is 21.3. The highest BCUT2D eigenvalue weighted by Gasteiger charge is 2.29. The minimum Gasteiger partial charge on any atom is -0.325 e. The Kier molecular flexibility index (Phi) is 4.76. The van der Waals surface area contributed by atoms with E-state index < -0.39 is 33.9 Å². The van der Waals surface area contributed by atoms with Crippen molar-refractivity contribution in [2.24, 2.45) is 0 Å². The smallest absolute Gasteiger partial charge is 0.325 e. The molecule has 0 fully saturated rings. The Labute approximate surface area is 110 Å². The van der Waals surface area contributed by atoms with E-state index in [1.54, 1.807) is 0 Å². The van der Waals surface area contributed by atoms with Crippen molar-refractivity contribution >= 4 is 29.0 Å². The molecule has 1 N–H and O–H groups in total. The van der Waals surface area contributed by atoms with Crippen LogP contribution < -0.4 is 5.32 Å². The van der Waals surface area contributed by atoms with E-state index in [4.69, 9.17) is 0 Å². The monoisotopic (exact) mass is 294 g/mol. The first kappa shape index (κ1) is 15.3. The molecule has 0 heterocycles. The van der Waals surface area contributed by atoms with Crippen LogP contribution in [0, 0.1) is 17.0 Å². The molecule has 1 amide bonds. The molecule has 0 aliphatic rings. The largest absolute Gasteiger partial charge is 0.442 e. The number of carbonyl (C=O) groups is 1. The molecule has 104 valence electrons. The maximum absolute atomic E-state index is 11.9. The third-order valence-electron chi connectivity index (χ3n) is 2.06. The molecular weight excluding hydrogens is 285 g/mol. The number of nitrogens with one attached hydrogen (secondary N) is 1. The van der Waals surface area contributed by atoms with Crippen molar-refractivity contribution < 1.29 is 22.9 Å². The molecule has 1 rings (SSSR count). The Bertz CT molecular complexity index is 505. The van der Waals surface area contributed by atoms with Crippen LogP contribution in [0.3, 0.4) is 0 Å². The number of nitrogens with zero attached hydrogens (tertiary/aromatic N) is 1. The van der Waals surface area contributed by atoms with Gasteiger partial charge in [0, 0.05) is 17.3 Å². The van der Waals surface area contributed by atoms with E-state index in [1.807, 2.05) is 0 Å². The molecule has 0 radical (unpaired) electrons. The van der Waals surface area contributed by atoms with Gasteiger partial charge in [0.2, 0.25) is 5.91 Å². The Morgan fingerprint density at radius 1 is 1.47 bits per heavy atom. The Morgan fingerprint density at radius 3 is 2.63 bits per heavy atom. The van der Waals surface area contributed by atoms with Gasteiger partial charge in [-0.05, 0) is 24.8 Å². The standard InChI is InChI=1S/C10H9F3N2O3S/c1-6-2-3-7(4-8(6)15(17)18)14-9(16)5-19-10(11,12)13/h2-4H,5H2,1H3,(H,14,16). The van der Waals surface area contributed by atoms with E-state index in [0.29, 0.717) is 5.56 Å². The van der Waals surface area contributed by atoms with Gasteiger partial charge < -0.3 is 5.32 Å². The van der Waals surface area contributed by atoms with Crippen molar-refractivity contribution in [1.29, 1.82) is 0 Å². The van der Waals surface area contributed by atoms with Crippen LogP contribution in [-0.4, -0.2) is 22.1 Å². The Hall–Kier alpha value is -1.77. The van der Waals surface area contributed by atoms with E-state index in [-0.39, 0.29) is 11.4 Å². The molecule has 0 aromatic heterocycles. The number of benzene rings is 1. The molecule has 1 aromatic rings. The van der Waals surface area contributed by atoms with Crippen LogP contribution in [-0.2, 0) is 4.79 Å². The molecule has 0 saturated heterocycles. The Morgan fingerprint density at radius 2 is 2.11 bits per heavy atom. The number of aryl methyl sites for hydroxylation is 1. The second kappa shape index (κ2) is 5.91. The highest BCUT2D eigenvalue weighted by atomic mass is 32.2. The van der Waals surface area contributed by atoms with Crippen molar-refractivity contribution in [3.8, 4) is 0 Å². The zero-order valence-electron chi connectivity index (χ0n) is 9.65. The number of hydrogen-bond donors (Lipinski definition) is 1. The molecular formula is C10H9F3N2O3S. The summed E-state index contributed by atoms with van der Waals surface area (Å²) in [7, 11) is 0. The normalized spacial score (nSPS) is 11.2. The summed E-state index contributed by atoms with van der Waals surface area (Å²) in [6.45, 7) is 1.52. The summed E-state index contributed by atoms with van der Waals surface area (Å²) < 4.78 is 35.6. The second-order valence-electron chi connectivity index (χ2n) is 3.54. The lowest BCUT2D eigenvalue weighted by molar-refractivity contribution is -0.385. The molecule has 0 aliphatic heterocycles. The number of anilines is 1. The summed E-state index contributed by atoms with van der Waals surface area (Å²) in [6.07, 6.45) is 0. The predicted octanol–water partition coefficient (Wildman–Crippen LogP) is 3.09. The number of halogens is 3. The molecule has 0 unspecified atom stereocenters. The second-order valence-corrected chi connectivity index (χ2v) is 4.58. The van der Waals surface area contributed by atoms with Crippen LogP contribution in [0.25, 0.3) is 0 Å². The minimum absolute atomic E-state index is 0.0880. The lowest BCUT2D eigenvalue weighted by Gasteiger charge is -2.07. The molecule has 1 aromatic carbocycles. The van der Waals surface area contributed by atoms with Gasteiger partial charge in [-0.2, -0.15) is 13.2 Å². The van der Waals surface area contributed by atoms with Crippen LogP contribution in [0.4, 0.5) is 24.5 Å². The van der Waals surface area contributed by atoms with Gasteiger partial charge in [-0.25, -0.2) is 0 Å². The number of carbonyl (C=O) groups excluding carboxylic acids is 1. The lowest BCUT2D eigenvalue weighted by Crippen LogP contribution is -2.17. The average Bonchev–Trinajstić information content (AvgIpc) is 2.28. The van der Waals surface area contributed by atoms with Crippen molar-refractivity contribution in [1.82, 2.24) is 0 Å². The van der Waals surface area contributed by atoms with Gasteiger partial charge in [-0.3, -0.25) is 14.9 Å². The van der Waals surface area contributed by atoms with Crippen molar-refractivity contribution in [3.05, 3.63) is 33.9 Å². The van der Waals surface area contributed by atoms with Gasteiger partial charge in [0.15, 0.2) is 0 Å². The average molecular weight is 294 g/mol. The maximum Gasteiger partial charge on any atom is 0.442 e. The number of nitro groups is 1. The van der Waals surface area contributed by atoms with Crippen LogP contribution in [0.1, 0.15) is 5.56 Å². The third-order valence-corrected chi connectivity index (χ3v) is 2.79. The zero-order valence-corrected chi connectivity index (χ0v) is 10.5. The van der Waals surface area contributed by atoms with Crippen LogP contribution in [0.15, 0.2) is 18.2 Å². The Balaban J connectivity index is 2.70. The van der Waals surface area contributed by atoms with Gasteiger partial charge in [-0.1, -0.05) is 6.07 Å². The molecule has 0 saturated carbocycles. The first-order chi connectivity index (χ1) is 8.69. The number of alkyl halides is 3. The summed E-state index contributed by atoms with van der Waals surface area (Å²) in [5.74, 6) is -1.67. The SMILES string of the molecule is Cc1ccc(NC(=O)CSC(F)(F)F)cc1[N+](=O)[O-]. The van der Waals surface area contributed by atoms with E-state index in [1.165, 1.54) is 19.1 Å². The van der Waals surface area contributed by atoms with Gasteiger partial charge in [0.05, 0.1) is 10.7 Å². The number of nitro benzene ring substituents is 1. The first-order valence-electron chi connectivity index (χ1n) is 4.94. The van der Waals surface area contributed by atoms with E-state index in [2.05, 4.69) is 5.32 Å². The summed E-state index contributed by atoms with van der Waals surface area (Å²) >= 11 is -0.471. The number of amides is 1. The van der Waals surface area contributed by atoms with Gasteiger partial charge >= 0.3 is 5.51 Å².